The second kappa shape index (κ2) is 5.81. The summed E-state index contributed by atoms with van der Waals surface area (Å²) in [7, 11) is 0. The molecular weight excluding hydrogens is 322 g/mol. The molecule has 2 heterocycles. The second-order valence-electron chi connectivity index (χ2n) is 6.64. The lowest BCUT2D eigenvalue weighted by atomic mass is 10.1. The van der Waals surface area contributed by atoms with E-state index in [2.05, 4.69) is 23.2 Å². The molecule has 1 aliphatic heterocycles. The molecule has 1 aromatic heterocycles. The van der Waals surface area contributed by atoms with Crippen LogP contribution in [0.1, 0.15) is 44.0 Å². The lowest BCUT2D eigenvalue weighted by Gasteiger charge is -2.25. The number of hydrogen-bond acceptors (Lipinski definition) is 5. The van der Waals surface area contributed by atoms with Crippen LogP contribution in [0.15, 0.2) is 29.4 Å². The number of para-hydroxylation sites is 1. The van der Waals surface area contributed by atoms with E-state index in [9.17, 15) is 4.79 Å². The Morgan fingerprint density at radius 1 is 1.33 bits per heavy atom. The van der Waals surface area contributed by atoms with Gasteiger partial charge in [-0.15, -0.1) is 10.2 Å². The molecular formula is C17H21N5OS. The Bertz CT molecular complexity index is 785. The molecule has 1 aromatic carbocycles. The highest BCUT2D eigenvalue weighted by Crippen LogP contribution is 2.40. The predicted octanol–water partition coefficient (Wildman–Crippen LogP) is 2.33. The monoisotopic (exact) mass is 343 g/mol. The zero-order chi connectivity index (χ0) is 16.8. The quantitative estimate of drug-likeness (QED) is 0.681. The van der Waals surface area contributed by atoms with E-state index in [1.165, 1.54) is 17.3 Å². The van der Waals surface area contributed by atoms with Gasteiger partial charge in [-0.3, -0.25) is 4.79 Å². The third kappa shape index (κ3) is 2.56. The van der Waals surface area contributed by atoms with E-state index in [4.69, 9.17) is 5.84 Å². The molecule has 2 N–H and O–H groups in total. The van der Waals surface area contributed by atoms with E-state index in [1.54, 1.807) is 4.68 Å². The van der Waals surface area contributed by atoms with Crippen LogP contribution in [0.3, 0.4) is 0 Å². The molecule has 2 atom stereocenters. The molecule has 0 radical (unpaired) electrons. The van der Waals surface area contributed by atoms with Gasteiger partial charge in [-0.25, -0.2) is 4.68 Å². The molecule has 4 rings (SSSR count). The van der Waals surface area contributed by atoms with Gasteiger partial charge in [0.05, 0.1) is 5.25 Å². The largest absolute Gasteiger partial charge is 0.336 e. The fourth-order valence-corrected chi connectivity index (χ4v) is 4.12. The maximum atomic E-state index is 13.0. The van der Waals surface area contributed by atoms with Gasteiger partial charge in [0, 0.05) is 17.6 Å². The van der Waals surface area contributed by atoms with Crippen LogP contribution in [0.2, 0.25) is 0 Å². The maximum absolute atomic E-state index is 13.0. The minimum absolute atomic E-state index is 0.0911. The number of aromatic nitrogens is 3. The first-order chi connectivity index (χ1) is 11.6. The Labute approximate surface area is 145 Å². The number of nitrogens with two attached hydrogens (primary N) is 1. The van der Waals surface area contributed by atoms with E-state index in [0.717, 1.165) is 30.8 Å². The smallest absolute Gasteiger partial charge is 0.240 e. The summed E-state index contributed by atoms with van der Waals surface area (Å²) in [6.45, 7) is 4.00. The normalized spacial score (nSPS) is 20.9. The van der Waals surface area contributed by atoms with E-state index in [0.29, 0.717) is 11.1 Å². The highest BCUT2D eigenvalue weighted by Gasteiger charge is 2.35. The first-order valence-corrected chi connectivity index (χ1v) is 9.22. The minimum atomic E-state index is -0.267. The Hall–Kier alpha value is -2.02. The first-order valence-electron chi connectivity index (χ1n) is 8.34. The molecule has 0 spiro atoms. The second-order valence-corrected chi connectivity index (χ2v) is 7.94. The highest BCUT2D eigenvalue weighted by atomic mass is 32.2. The van der Waals surface area contributed by atoms with Crippen LogP contribution in [0, 0.1) is 0 Å². The number of carbonyl (C=O) groups is 1. The molecule has 6 nitrogen and oxygen atoms in total. The highest BCUT2D eigenvalue weighted by molar-refractivity contribution is 8.00. The van der Waals surface area contributed by atoms with Crippen molar-refractivity contribution in [3.05, 3.63) is 35.7 Å². The zero-order valence-corrected chi connectivity index (χ0v) is 14.7. The molecule has 0 saturated heterocycles. The number of amides is 1. The van der Waals surface area contributed by atoms with E-state index >= 15 is 0 Å². The van der Waals surface area contributed by atoms with Crippen molar-refractivity contribution in [3.63, 3.8) is 0 Å². The van der Waals surface area contributed by atoms with Crippen LogP contribution in [-0.2, 0) is 11.2 Å². The number of rotatable bonds is 4. The molecule has 7 heteroatoms. The Morgan fingerprint density at radius 2 is 2.08 bits per heavy atom. The molecule has 1 aliphatic carbocycles. The number of nitrogen functional groups attached to an aromatic ring is 1. The Kier molecular flexibility index (Phi) is 3.75. The van der Waals surface area contributed by atoms with Gasteiger partial charge in [0.2, 0.25) is 11.1 Å². The summed E-state index contributed by atoms with van der Waals surface area (Å²) >= 11 is 1.38. The molecule has 126 valence electrons. The topological polar surface area (TPSA) is 77.0 Å². The number of carbonyl (C=O) groups excluding carboxylic acids is 1. The van der Waals surface area contributed by atoms with Crippen molar-refractivity contribution in [1.82, 2.24) is 14.9 Å². The van der Waals surface area contributed by atoms with Crippen molar-refractivity contribution in [1.29, 1.82) is 0 Å². The zero-order valence-electron chi connectivity index (χ0n) is 13.8. The van der Waals surface area contributed by atoms with Gasteiger partial charge in [0.1, 0.15) is 0 Å². The van der Waals surface area contributed by atoms with Crippen LogP contribution in [0.5, 0.6) is 0 Å². The maximum Gasteiger partial charge on any atom is 0.240 e. The average Bonchev–Trinajstić information content (AvgIpc) is 3.26. The van der Waals surface area contributed by atoms with Crippen molar-refractivity contribution < 1.29 is 4.79 Å². The van der Waals surface area contributed by atoms with E-state index < -0.39 is 0 Å². The summed E-state index contributed by atoms with van der Waals surface area (Å²) in [4.78, 5) is 14.9. The van der Waals surface area contributed by atoms with E-state index in [1.807, 2.05) is 30.0 Å². The van der Waals surface area contributed by atoms with Crippen LogP contribution < -0.4 is 10.7 Å². The van der Waals surface area contributed by atoms with Crippen LogP contribution in [0.25, 0.3) is 0 Å². The molecule has 2 aromatic rings. The van der Waals surface area contributed by atoms with Gasteiger partial charge < -0.3 is 10.7 Å². The third-order valence-corrected chi connectivity index (χ3v) is 5.75. The fraction of sp³-hybridized carbons (Fsp3) is 0.471. The molecule has 1 saturated carbocycles. The van der Waals surface area contributed by atoms with Gasteiger partial charge in [0.15, 0.2) is 5.82 Å². The lowest BCUT2D eigenvalue weighted by Crippen LogP contribution is -2.40. The molecule has 1 fully saturated rings. The van der Waals surface area contributed by atoms with Crippen molar-refractivity contribution in [2.75, 3.05) is 10.7 Å². The molecule has 0 unspecified atom stereocenters. The van der Waals surface area contributed by atoms with Gasteiger partial charge >= 0.3 is 0 Å². The number of nitrogens with zero attached hydrogens (tertiary/aromatic N) is 4. The number of thioether (sulfide) groups is 1. The average molecular weight is 343 g/mol. The third-order valence-electron chi connectivity index (χ3n) is 4.71. The summed E-state index contributed by atoms with van der Waals surface area (Å²) < 4.78 is 1.55. The number of hydrogen-bond donors (Lipinski definition) is 1. The standard InChI is InChI=1S/C17H21N5OS/c1-10-9-13-5-3-4-6-14(13)21(10)16(23)11(2)24-17-20-19-15(22(17)18)12-7-8-12/h3-6,10-12H,7-9,18H2,1-2H3/t10-,11+/m0/s1. The van der Waals surface area contributed by atoms with Gasteiger partial charge in [0.25, 0.3) is 0 Å². The van der Waals surface area contributed by atoms with Crippen molar-refractivity contribution >= 4 is 23.4 Å². The summed E-state index contributed by atoms with van der Waals surface area (Å²) in [5.74, 6) is 7.46. The van der Waals surface area contributed by atoms with Crippen LogP contribution in [-0.4, -0.2) is 32.1 Å². The molecule has 2 aliphatic rings. The fourth-order valence-electron chi connectivity index (χ4n) is 3.29. The molecule has 24 heavy (non-hydrogen) atoms. The predicted molar refractivity (Wildman–Crippen MR) is 94.6 cm³/mol. The summed E-state index contributed by atoms with van der Waals surface area (Å²) in [5, 5.41) is 8.69. The lowest BCUT2D eigenvalue weighted by molar-refractivity contribution is -0.118. The van der Waals surface area contributed by atoms with Crippen molar-refractivity contribution in [2.45, 2.75) is 55.5 Å². The van der Waals surface area contributed by atoms with Gasteiger partial charge in [-0.1, -0.05) is 30.0 Å². The van der Waals surface area contributed by atoms with Crippen molar-refractivity contribution in [3.8, 4) is 0 Å². The number of benzene rings is 1. The summed E-state index contributed by atoms with van der Waals surface area (Å²) in [6.07, 6.45) is 3.14. The van der Waals surface area contributed by atoms with Crippen LogP contribution >= 0.6 is 11.8 Å². The number of fused-ring (bicyclic) bond motifs is 1. The molecule has 0 bridgehead atoms. The van der Waals surface area contributed by atoms with Crippen LogP contribution in [0.4, 0.5) is 5.69 Å². The SMILES string of the molecule is C[C@@H](Sc1nnc(C2CC2)n1N)C(=O)N1c2ccccc2C[C@@H]1C. The summed E-state index contributed by atoms with van der Waals surface area (Å²) in [5.41, 5.74) is 2.25. The Morgan fingerprint density at radius 3 is 2.83 bits per heavy atom. The number of anilines is 1. The van der Waals surface area contributed by atoms with Gasteiger partial charge in [-0.2, -0.15) is 0 Å². The van der Waals surface area contributed by atoms with Crippen molar-refractivity contribution in [2.24, 2.45) is 0 Å². The van der Waals surface area contributed by atoms with Gasteiger partial charge in [-0.05, 0) is 44.7 Å². The first kappa shape index (κ1) is 15.5. The molecule has 1 amide bonds. The minimum Gasteiger partial charge on any atom is -0.336 e. The van der Waals surface area contributed by atoms with E-state index in [-0.39, 0.29) is 17.2 Å². The summed E-state index contributed by atoms with van der Waals surface area (Å²) in [6, 6.07) is 8.29. The Balaban J connectivity index is 1.52.